The van der Waals surface area contributed by atoms with Gasteiger partial charge in [-0.3, -0.25) is 9.59 Å². The van der Waals surface area contributed by atoms with Gasteiger partial charge in [0, 0.05) is 25.2 Å². The third kappa shape index (κ3) is 5.25. The van der Waals surface area contributed by atoms with E-state index in [0.717, 1.165) is 6.42 Å². The maximum Gasteiger partial charge on any atom is 0.251 e. The number of ether oxygens (including phenoxy) is 1. The second-order valence-corrected chi connectivity index (χ2v) is 7.51. The number of sulfonamides is 1. The van der Waals surface area contributed by atoms with E-state index in [0.29, 0.717) is 19.8 Å². The topological polar surface area (TPSA) is 105 Å². The van der Waals surface area contributed by atoms with Crippen LogP contribution >= 0.6 is 0 Å². The Bertz CT molecular complexity index is 714. The van der Waals surface area contributed by atoms with E-state index in [1.165, 1.54) is 28.6 Å². The van der Waals surface area contributed by atoms with Gasteiger partial charge in [0.05, 0.1) is 24.7 Å². The van der Waals surface area contributed by atoms with Gasteiger partial charge in [-0.25, -0.2) is 8.42 Å². The molecule has 138 valence electrons. The molecule has 0 saturated carbocycles. The molecule has 9 heteroatoms. The summed E-state index contributed by atoms with van der Waals surface area (Å²) in [6, 6.07) is 5.80. The van der Waals surface area contributed by atoms with Crippen molar-refractivity contribution in [2.45, 2.75) is 18.2 Å². The Kier molecular flexibility index (Phi) is 6.91. The third-order valence-corrected chi connectivity index (χ3v) is 5.58. The van der Waals surface area contributed by atoms with Gasteiger partial charge in [-0.05, 0) is 24.6 Å². The number of morpholine rings is 1. The number of hydrogen-bond acceptors (Lipinski definition) is 5. The molecule has 1 aliphatic rings. The fraction of sp³-hybridized carbons (Fsp3) is 0.500. The Hall–Kier alpha value is -1.97. The van der Waals surface area contributed by atoms with Crippen molar-refractivity contribution in [3.05, 3.63) is 29.8 Å². The molecule has 1 aliphatic heterocycles. The lowest BCUT2D eigenvalue weighted by Crippen LogP contribution is -2.40. The Morgan fingerprint density at radius 2 is 1.92 bits per heavy atom. The van der Waals surface area contributed by atoms with Gasteiger partial charge >= 0.3 is 0 Å². The fourth-order valence-corrected chi connectivity index (χ4v) is 3.78. The molecule has 0 aromatic heterocycles. The molecular weight excluding hydrogens is 346 g/mol. The van der Waals surface area contributed by atoms with Crippen LogP contribution in [0.15, 0.2) is 29.2 Å². The molecule has 8 nitrogen and oxygen atoms in total. The maximum atomic E-state index is 12.6. The molecule has 0 bridgehead atoms. The van der Waals surface area contributed by atoms with Crippen LogP contribution in [0.2, 0.25) is 0 Å². The SMILES string of the molecule is CCCNC(=O)CNC(=O)c1cccc(S(=O)(=O)N2CCOCC2)c1. The lowest BCUT2D eigenvalue weighted by Gasteiger charge is -2.26. The lowest BCUT2D eigenvalue weighted by molar-refractivity contribution is -0.120. The summed E-state index contributed by atoms with van der Waals surface area (Å²) in [4.78, 5) is 23.7. The summed E-state index contributed by atoms with van der Waals surface area (Å²) in [6.45, 7) is 3.60. The minimum Gasteiger partial charge on any atom is -0.379 e. The van der Waals surface area contributed by atoms with Gasteiger partial charge in [0.15, 0.2) is 0 Å². The first-order chi connectivity index (χ1) is 11.9. The molecule has 0 spiro atoms. The van der Waals surface area contributed by atoms with E-state index < -0.39 is 15.9 Å². The van der Waals surface area contributed by atoms with E-state index in [1.807, 2.05) is 6.92 Å². The minimum atomic E-state index is -3.67. The number of benzene rings is 1. The highest BCUT2D eigenvalue weighted by molar-refractivity contribution is 7.89. The van der Waals surface area contributed by atoms with Crippen LogP contribution in [0.25, 0.3) is 0 Å². The summed E-state index contributed by atoms with van der Waals surface area (Å²) in [7, 11) is -3.67. The fourth-order valence-electron chi connectivity index (χ4n) is 2.32. The van der Waals surface area contributed by atoms with E-state index in [-0.39, 0.29) is 36.0 Å². The predicted molar refractivity (Wildman–Crippen MR) is 91.7 cm³/mol. The monoisotopic (exact) mass is 369 g/mol. The van der Waals surface area contributed by atoms with Crippen LogP contribution in [-0.4, -0.2) is 63.9 Å². The Labute approximate surface area is 147 Å². The number of carbonyl (C=O) groups excluding carboxylic acids is 2. The highest BCUT2D eigenvalue weighted by atomic mass is 32.2. The molecule has 1 aromatic rings. The number of carbonyl (C=O) groups is 2. The summed E-state index contributed by atoms with van der Waals surface area (Å²) in [5.41, 5.74) is 0.192. The third-order valence-electron chi connectivity index (χ3n) is 3.69. The maximum absolute atomic E-state index is 12.6. The Morgan fingerprint density at radius 3 is 2.60 bits per heavy atom. The molecule has 1 heterocycles. The first-order valence-corrected chi connectivity index (χ1v) is 9.62. The molecule has 2 amide bonds. The molecule has 25 heavy (non-hydrogen) atoms. The van der Waals surface area contributed by atoms with Crippen LogP contribution in [0.3, 0.4) is 0 Å². The molecule has 2 rings (SSSR count). The van der Waals surface area contributed by atoms with Crippen molar-refractivity contribution in [2.75, 3.05) is 39.4 Å². The standard InChI is InChI=1S/C16H23N3O5S/c1-2-6-17-15(20)12-18-16(21)13-4-3-5-14(11-13)25(22,23)19-7-9-24-10-8-19/h3-5,11H,2,6-10,12H2,1H3,(H,17,20)(H,18,21). The largest absolute Gasteiger partial charge is 0.379 e. The molecule has 0 radical (unpaired) electrons. The van der Waals surface area contributed by atoms with Crippen LogP contribution in [0, 0.1) is 0 Å². The average molecular weight is 369 g/mol. The lowest BCUT2D eigenvalue weighted by atomic mass is 10.2. The number of nitrogens with one attached hydrogen (secondary N) is 2. The minimum absolute atomic E-state index is 0.0532. The van der Waals surface area contributed by atoms with Gasteiger partial charge in [-0.1, -0.05) is 13.0 Å². The van der Waals surface area contributed by atoms with E-state index >= 15 is 0 Å². The highest BCUT2D eigenvalue weighted by Crippen LogP contribution is 2.18. The van der Waals surface area contributed by atoms with Gasteiger partial charge in [0.2, 0.25) is 15.9 Å². The summed E-state index contributed by atoms with van der Waals surface area (Å²) in [6.07, 6.45) is 0.807. The van der Waals surface area contributed by atoms with Crippen molar-refractivity contribution in [2.24, 2.45) is 0 Å². The summed E-state index contributed by atoms with van der Waals surface area (Å²) < 4.78 is 31.7. The first kappa shape index (κ1) is 19.4. The Morgan fingerprint density at radius 1 is 1.20 bits per heavy atom. The van der Waals surface area contributed by atoms with Crippen molar-refractivity contribution in [3.8, 4) is 0 Å². The zero-order chi connectivity index (χ0) is 18.3. The van der Waals surface area contributed by atoms with E-state index in [2.05, 4.69) is 10.6 Å². The van der Waals surface area contributed by atoms with Crippen molar-refractivity contribution in [1.29, 1.82) is 0 Å². The zero-order valence-corrected chi connectivity index (χ0v) is 15.0. The average Bonchev–Trinajstić information content (AvgIpc) is 2.65. The van der Waals surface area contributed by atoms with Crippen molar-refractivity contribution >= 4 is 21.8 Å². The van der Waals surface area contributed by atoms with Gasteiger partial charge in [-0.2, -0.15) is 4.31 Å². The molecule has 1 aromatic carbocycles. The molecule has 0 aliphatic carbocycles. The predicted octanol–water partition coefficient (Wildman–Crippen LogP) is -0.0365. The summed E-state index contributed by atoms with van der Waals surface area (Å²) in [5.74, 6) is -0.780. The molecule has 0 unspecified atom stereocenters. The van der Waals surface area contributed by atoms with Gasteiger partial charge < -0.3 is 15.4 Å². The van der Waals surface area contributed by atoms with Gasteiger partial charge in [0.1, 0.15) is 0 Å². The quantitative estimate of drug-likeness (QED) is 0.702. The molecular formula is C16H23N3O5S. The van der Waals surface area contributed by atoms with E-state index in [1.54, 1.807) is 0 Å². The highest BCUT2D eigenvalue weighted by Gasteiger charge is 2.26. The second-order valence-electron chi connectivity index (χ2n) is 5.58. The van der Waals surface area contributed by atoms with Crippen LogP contribution < -0.4 is 10.6 Å². The van der Waals surface area contributed by atoms with Crippen LogP contribution in [0.4, 0.5) is 0 Å². The number of hydrogen-bond donors (Lipinski definition) is 2. The van der Waals surface area contributed by atoms with Gasteiger partial charge in [0.25, 0.3) is 5.91 Å². The number of amides is 2. The summed E-state index contributed by atoms with van der Waals surface area (Å²) in [5, 5.41) is 5.14. The van der Waals surface area contributed by atoms with Gasteiger partial charge in [-0.15, -0.1) is 0 Å². The number of nitrogens with zero attached hydrogens (tertiary/aromatic N) is 1. The second kappa shape index (κ2) is 8.93. The smallest absolute Gasteiger partial charge is 0.251 e. The molecule has 1 saturated heterocycles. The van der Waals surface area contributed by atoms with E-state index in [9.17, 15) is 18.0 Å². The first-order valence-electron chi connectivity index (χ1n) is 8.18. The molecule has 0 atom stereocenters. The summed E-state index contributed by atoms with van der Waals surface area (Å²) >= 11 is 0. The van der Waals surface area contributed by atoms with E-state index in [4.69, 9.17) is 4.74 Å². The van der Waals surface area contributed by atoms with Crippen molar-refractivity contribution in [3.63, 3.8) is 0 Å². The zero-order valence-electron chi connectivity index (χ0n) is 14.2. The number of rotatable bonds is 7. The van der Waals surface area contributed by atoms with Crippen molar-refractivity contribution < 1.29 is 22.7 Å². The molecule has 1 fully saturated rings. The van der Waals surface area contributed by atoms with Crippen LogP contribution in [0.5, 0.6) is 0 Å². The van der Waals surface area contributed by atoms with Crippen LogP contribution in [-0.2, 0) is 19.6 Å². The molecule has 2 N–H and O–H groups in total. The normalized spacial score (nSPS) is 15.6. The van der Waals surface area contributed by atoms with Crippen LogP contribution in [0.1, 0.15) is 23.7 Å². The van der Waals surface area contributed by atoms with Crippen molar-refractivity contribution in [1.82, 2.24) is 14.9 Å². The Balaban J connectivity index is 2.05.